The van der Waals surface area contributed by atoms with Gasteiger partial charge in [0.25, 0.3) is 0 Å². The highest BCUT2D eigenvalue weighted by molar-refractivity contribution is 6.25. The van der Waals surface area contributed by atoms with Crippen molar-refractivity contribution >= 4 is 11.7 Å². The summed E-state index contributed by atoms with van der Waals surface area (Å²) >= 11 is 0. The summed E-state index contributed by atoms with van der Waals surface area (Å²) in [5, 5.41) is 3.40. The summed E-state index contributed by atoms with van der Waals surface area (Å²) in [6.45, 7) is 10.7. The maximum atomic E-state index is 4.72. The zero-order valence-electron chi connectivity index (χ0n) is 13.7. The van der Waals surface area contributed by atoms with Crippen LogP contribution in [0.5, 0.6) is 0 Å². The molecule has 1 aromatic carbocycles. The van der Waals surface area contributed by atoms with Crippen LogP contribution in [0.2, 0.25) is 0 Å². The zero-order valence-corrected chi connectivity index (χ0v) is 13.7. The van der Waals surface area contributed by atoms with Crippen LogP contribution in [-0.2, 0) is 0 Å². The molecule has 0 saturated carbocycles. The maximum Gasteiger partial charge on any atom is 0.134 e. The van der Waals surface area contributed by atoms with Crippen LogP contribution in [0.25, 0.3) is 0 Å². The van der Waals surface area contributed by atoms with E-state index in [0.717, 1.165) is 37.6 Å². The van der Waals surface area contributed by atoms with Crippen molar-refractivity contribution < 1.29 is 0 Å². The number of fused-ring (bicyclic) bond motifs is 1. The molecule has 0 fully saturated rings. The number of amidine groups is 2. The lowest BCUT2D eigenvalue weighted by atomic mass is 10.1. The average molecular weight is 285 g/mol. The fourth-order valence-electron chi connectivity index (χ4n) is 2.26. The van der Waals surface area contributed by atoms with Gasteiger partial charge in [0.15, 0.2) is 0 Å². The Labute approximate surface area is 128 Å². The maximum absolute atomic E-state index is 4.72. The summed E-state index contributed by atoms with van der Waals surface area (Å²) in [6, 6.07) is 8.38. The first-order valence-electron chi connectivity index (χ1n) is 8.03. The normalized spacial score (nSPS) is 17.8. The van der Waals surface area contributed by atoms with Gasteiger partial charge in [0.05, 0.1) is 0 Å². The third-order valence-electron chi connectivity index (χ3n) is 3.63. The van der Waals surface area contributed by atoms with Crippen LogP contribution in [0.15, 0.2) is 34.3 Å². The van der Waals surface area contributed by atoms with E-state index in [9.17, 15) is 0 Å². The van der Waals surface area contributed by atoms with E-state index in [1.165, 1.54) is 11.1 Å². The molecule has 0 atom stereocenters. The van der Waals surface area contributed by atoms with Gasteiger partial charge >= 0.3 is 0 Å². The Hall–Kier alpha value is -1.64. The van der Waals surface area contributed by atoms with Crippen LogP contribution in [0.1, 0.15) is 51.7 Å². The van der Waals surface area contributed by atoms with Gasteiger partial charge in [-0.25, -0.2) is 0 Å². The minimum atomic E-state index is 0.685. The molecule has 1 aromatic rings. The molecule has 0 aliphatic carbocycles. The van der Waals surface area contributed by atoms with Gasteiger partial charge in [0.1, 0.15) is 11.7 Å². The SMILES string of the molecule is CC(C)CCN=C1NC(=NCCC(C)C)c2ccccc21. The third-order valence-corrected chi connectivity index (χ3v) is 3.63. The topological polar surface area (TPSA) is 36.8 Å². The fraction of sp³-hybridized carbons (Fsp3) is 0.556. The first-order valence-corrected chi connectivity index (χ1v) is 8.03. The van der Waals surface area contributed by atoms with E-state index >= 15 is 0 Å². The lowest BCUT2D eigenvalue weighted by molar-refractivity contribution is 0.596. The second-order valence-electron chi connectivity index (χ2n) is 6.50. The Morgan fingerprint density at radius 3 is 1.62 bits per heavy atom. The van der Waals surface area contributed by atoms with E-state index in [1.807, 2.05) is 0 Å². The van der Waals surface area contributed by atoms with Gasteiger partial charge in [-0.3, -0.25) is 9.98 Å². The van der Waals surface area contributed by atoms with Crippen LogP contribution in [0, 0.1) is 11.8 Å². The van der Waals surface area contributed by atoms with Crippen molar-refractivity contribution in [2.24, 2.45) is 21.8 Å². The number of rotatable bonds is 6. The van der Waals surface area contributed by atoms with Crippen LogP contribution in [0.3, 0.4) is 0 Å². The fourth-order valence-corrected chi connectivity index (χ4v) is 2.26. The summed E-state index contributed by atoms with van der Waals surface area (Å²) in [6.07, 6.45) is 2.24. The van der Waals surface area contributed by atoms with Crippen LogP contribution in [-0.4, -0.2) is 24.8 Å². The van der Waals surface area contributed by atoms with E-state index < -0.39 is 0 Å². The Kier molecular flexibility index (Phi) is 5.54. The molecule has 0 amide bonds. The van der Waals surface area contributed by atoms with Gasteiger partial charge in [-0.2, -0.15) is 0 Å². The molecule has 0 saturated heterocycles. The molecule has 0 aromatic heterocycles. The molecule has 21 heavy (non-hydrogen) atoms. The molecular weight excluding hydrogens is 258 g/mol. The monoisotopic (exact) mass is 285 g/mol. The summed E-state index contributed by atoms with van der Waals surface area (Å²) in [7, 11) is 0. The van der Waals surface area contributed by atoms with E-state index in [2.05, 4.69) is 57.3 Å². The number of benzene rings is 1. The van der Waals surface area contributed by atoms with Crippen molar-refractivity contribution in [3.63, 3.8) is 0 Å². The number of aliphatic imine (C=N–C) groups is 2. The molecule has 0 bridgehead atoms. The van der Waals surface area contributed by atoms with Gasteiger partial charge in [-0.1, -0.05) is 52.0 Å². The highest BCUT2D eigenvalue weighted by atomic mass is 15.1. The first-order chi connectivity index (χ1) is 10.1. The standard InChI is InChI=1S/C18H27N3/c1-13(2)9-11-19-17-15-7-5-6-8-16(15)18(21-17)20-12-10-14(3)4/h5-8,13-14H,9-12H2,1-4H3,(H,19,20,21). The average Bonchev–Trinajstić information content (AvgIpc) is 2.77. The summed E-state index contributed by atoms with van der Waals surface area (Å²) in [4.78, 5) is 9.45. The van der Waals surface area contributed by atoms with Gasteiger partial charge in [-0.05, 0) is 24.7 Å². The molecule has 0 unspecified atom stereocenters. The van der Waals surface area contributed by atoms with Crippen molar-refractivity contribution in [1.29, 1.82) is 0 Å². The van der Waals surface area contributed by atoms with Gasteiger partial charge in [-0.15, -0.1) is 0 Å². The largest absolute Gasteiger partial charge is 0.325 e. The van der Waals surface area contributed by atoms with Crippen LogP contribution in [0.4, 0.5) is 0 Å². The molecular formula is C18H27N3. The second kappa shape index (κ2) is 7.39. The van der Waals surface area contributed by atoms with Gasteiger partial charge in [0, 0.05) is 24.2 Å². The Morgan fingerprint density at radius 1 is 0.810 bits per heavy atom. The highest BCUT2D eigenvalue weighted by Gasteiger charge is 2.22. The van der Waals surface area contributed by atoms with Crippen molar-refractivity contribution in [3.8, 4) is 0 Å². The van der Waals surface area contributed by atoms with Crippen molar-refractivity contribution in [2.75, 3.05) is 13.1 Å². The molecule has 1 heterocycles. The highest BCUT2D eigenvalue weighted by Crippen LogP contribution is 2.17. The van der Waals surface area contributed by atoms with Crippen molar-refractivity contribution in [2.45, 2.75) is 40.5 Å². The molecule has 0 radical (unpaired) electrons. The molecule has 2 rings (SSSR count). The van der Waals surface area contributed by atoms with E-state index in [-0.39, 0.29) is 0 Å². The van der Waals surface area contributed by atoms with E-state index in [4.69, 9.17) is 9.98 Å². The molecule has 3 heteroatoms. The van der Waals surface area contributed by atoms with Gasteiger partial charge < -0.3 is 5.32 Å². The van der Waals surface area contributed by atoms with Crippen LogP contribution < -0.4 is 5.32 Å². The second-order valence-corrected chi connectivity index (χ2v) is 6.50. The smallest absolute Gasteiger partial charge is 0.134 e. The third kappa shape index (κ3) is 4.42. The Balaban J connectivity index is 2.13. The first kappa shape index (κ1) is 15.7. The minimum absolute atomic E-state index is 0.685. The van der Waals surface area contributed by atoms with E-state index in [1.54, 1.807) is 0 Å². The zero-order chi connectivity index (χ0) is 15.2. The molecule has 114 valence electrons. The van der Waals surface area contributed by atoms with E-state index in [0.29, 0.717) is 11.8 Å². The summed E-state index contributed by atoms with van der Waals surface area (Å²) < 4.78 is 0. The molecule has 0 spiro atoms. The number of hydrogen-bond donors (Lipinski definition) is 1. The molecule has 1 aliphatic rings. The van der Waals surface area contributed by atoms with Crippen molar-refractivity contribution in [3.05, 3.63) is 35.4 Å². The molecule has 1 N–H and O–H groups in total. The summed E-state index contributed by atoms with van der Waals surface area (Å²) in [5.74, 6) is 3.33. The molecule has 1 aliphatic heterocycles. The predicted molar refractivity (Wildman–Crippen MR) is 91.3 cm³/mol. The van der Waals surface area contributed by atoms with Crippen molar-refractivity contribution in [1.82, 2.24) is 5.32 Å². The predicted octanol–water partition coefficient (Wildman–Crippen LogP) is 3.88. The number of hydrogen-bond acceptors (Lipinski definition) is 2. The molecule has 3 nitrogen and oxygen atoms in total. The minimum Gasteiger partial charge on any atom is -0.325 e. The van der Waals surface area contributed by atoms with Gasteiger partial charge in [0.2, 0.25) is 0 Å². The number of nitrogens with zero attached hydrogens (tertiary/aromatic N) is 2. The lowest BCUT2D eigenvalue weighted by Crippen LogP contribution is -2.23. The van der Waals surface area contributed by atoms with Crippen LogP contribution >= 0.6 is 0 Å². The Morgan fingerprint density at radius 2 is 1.24 bits per heavy atom. The lowest BCUT2D eigenvalue weighted by Gasteiger charge is -2.04. The quantitative estimate of drug-likeness (QED) is 0.846. The summed E-state index contributed by atoms with van der Waals surface area (Å²) in [5.41, 5.74) is 2.37. The number of nitrogens with one attached hydrogen (secondary N) is 1. The Bertz CT molecular complexity index is 480.